The summed E-state index contributed by atoms with van der Waals surface area (Å²) in [5.74, 6) is 0.965. The third-order valence-electron chi connectivity index (χ3n) is 3.60. The summed E-state index contributed by atoms with van der Waals surface area (Å²) in [7, 11) is 1.63. The summed E-state index contributed by atoms with van der Waals surface area (Å²) in [6, 6.07) is 14.9. The van der Waals surface area contributed by atoms with Gasteiger partial charge in [0, 0.05) is 17.3 Å². The number of thiocarbonyl (C=S) groups is 1. The summed E-state index contributed by atoms with van der Waals surface area (Å²) < 4.78 is 5.27. The summed E-state index contributed by atoms with van der Waals surface area (Å²) in [4.78, 5) is 12.6. The van der Waals surface area contributed by atoms with Crippen LogP contribution in [0.3, 0.4) is 0 Å². The lowest BCUT2D eigenvalue weighted by Crippen LogP contribution is -2.32. The highest BCUT2D eigenvalue weighted by Crippen LogP contribution is 2.28. The molecule has 0 saturated heterocycles. The Hall–Kier alpha value is -2.40. The highest BCUT2D eigenvalue weighted by atomic mass is 32.1. The molecule has 24 heavy (non-hydrogen) atoms. The molecule has 0 atom stereocenters. The average Bonchev–Trinajstić information content (AvgIpc) is 2.60. The molecule has 2 rings (SSSR count). The minimum absolute atomic E-state index is 0.144. The molecule has 2 aromatic rings. The third kappa shape index (κ3) is 4.80. The molecule has 4 nitrogen and oxygen atoms in total. The molecule has 0 bridgehead atoms. The second-order valence-corrected chi connectivity index (χ2v) is 6.20. The summed E-state index contributed by atoms with van der Waals surface area (Å²) in [5.41, 5.74) is 2.67. The van der Waals surface area contributed by atoms with Gasteiger partial charge in [-0.2, -0.15) is 0 Å². The van der Waals surface area contributed by atoms with Crippen LogP contribution in [0.2, 0.25) is 0 Å². The lowest BCUT2D eigenvalue weighted by molar-refractivity contribution is 0.0959. The summed E-state index contributed by atoms with van der Waals surface area (Å²) >= 11 is 5.36. The van der Waals surface area contributed by atoms with E-state index in [1.54, 1.807) is 19.2 Å². The van der Waals surface area contributed by atoms with Gasteiger partial charge in [0.15, 0.2) is 0 Å². The standard InChI is InChI=1S/C19H22N2O2S/c1-13(2)16-10-9-15(23-3)11-17(16)21-18(24)12-20-19(22)14-7-5-4-6-8-14/h4-11,13H,12H2,1-3H3,(H,20,22)(H,21,24). The van der Waals surface area contributed by atoms with Gasteiger partial charge in [-0.25, -0.2) is 0 Å². The van der Waals surface area contributed by atoms with Crippen LogP contribution in [-0.4, -0.2) is 24.6 Å². The summed E-state index contributed by atoms with van der Waals surface area (Å²) in [6.45, 7) is 4.51. The van der Waals surface area contributed by atoms with Gasteiger partial charge in [0.25, 0.3) is 5.91 Å². The molecule has 0 heterocycles. The number of hydrogen-bond acceptors (Lipinski definition) is 3. The van der Waals surface area contributed by atoms with Crippen LogP contribution in [0.25, 0.3) is 0 Å². The first-order valence-corrected chi connectivity index (χ1v) is 8.23. The van der Waals surface area contributed by atoms with Crippen LogP contribution in [0, 0.1) is 0 Å². The number of hydrogen-bond donors (Lipinski definition) is 2. The number of amides is 1. The molecule has 126 valence electrons. The Morgan fingerprint density at radius 1 is 1.17 bits per heavy atom. The van der Waals surface area contributed by atoms with Crippen molar-refractivity contribution in [2.24, 2.45) is 0 Å². The van der Waals surface area contributed by atoms with Crippen LogP contribution >= 0.6 is 12.2 Å². The smallest absolute Gasteiger partial charge is 0.251 e. The van der Waals surface area contributed by atoms with Crippen LogP contribution in [0.5, 0.6) is 5.75 Å². The van der Waals surface area contributed by atoms with E-state index >= 15 is 0 Å². The number of anilines is 1. The van der Waals surface area contributed by atoms with Crippen molar-refractivity contribution in [1.29, 1.82) is 0 Å². The van der Waals surface area contributed by atoms with E-state index in [4.69, 9.17) is 17.0 Å². The van der Waals surface area contributed by atoms with E-state index in [2.05, 4.69) is 24.5 Å². The number of carbonyl (C=O) groups excluding carboxylic acids is 1. The van der Waals surface area contributed by atoms with Crippen LogP contribution < -0.4 is 15.4 Å². The Kier molecular flexibility index (Phi) is 6.32. The fourth-order valence-electron chi connectivity index (χ4n) is 2.32. The third-order valence-corrected chi connectivity index (χ3v) is 3.85. The number of carbonyl (C=O) groups is 1. The van der Waals surface area contributed by atoms with Gasteiger partial charge in [-0.1, -0.05) is 50.3 Å². The number of ether oxygens (including phenoxy) is 1. The molecule has 0 fully saturated rings. The first-order valence-electron chi connectivity index (χ1n) is 7.82. The Balaban J connectivity index is 2.00. The van der Waals surface area contributed by atoms with Crippen molar-refractivity contribution < 1.29 is 9.53 Å². The Morgan fingerprint density at radius 3 is 2.50 bits per heavy atom. The molecule has 0 aliphatic rings. The number of nitrogens with one attached hydrogen (secondary N) is 2. The quantitative estimate of drug-likeness (QED) is 0.780. The zero-order valence-corrected chi connectivity index (χ0v) is 14.9. The number of methoxy groups -OCH3 is 1. The number of rotatable bonds is 6. The van der Waals surface area contributed by atoms with Crippen molar-refractivity contribution in [1.82, 2.24) is 5.32 Å². The Morgan fingerprint density at radius 2 is 1.88 bits per heavy atom. The van der Waals surface area contributed by atoms with Gasteiger partial charge in [0.2, 0.25) is 0 Å². The van der Waals surface area contributed by atoms with Crippen molar-refractivity contribution in [3.63, 3.8) is 0 Å². The Bertz CT molecular complexity index is 715. The van der Waals surface area contributed by atoms with Crippen molar-refractivity contribution >= 4 is 28.8 Å². The molecule has 0 radical (unpaired) electrons. The normalized spacial score (nSPS) is 10.3. The first kappa shape index (κ1) is 17.9. The van der Waals surface area contributed by atoms with Crippen LogP contribution in [0.4, 0.5) is 5.69 Å². The fraction of sp³-hybridized carbons (Fsp3) is 0.263. The minimum atomic E-state index is -0.144. The zero-order valence-electron chi connectivity index (χ0n) is 14.1. The maximum Gasteiger partial charge on any atom is 0.251 e. The first-order chi connectivity index (χ1) is 11.5. The molecular formula is C19H22N2O2S. The second-order valence-electron chi connectivity index (χ2n) is 5.70. The topological polar surface area (TPSA) is 50.4 Å². The largest absolute Gasteiger partial charge is 0.497 e. The highest BCUT2D eigenvalue weighted by molar-refractivity contribution is 7.80. The SMILES string of the molecule is COc1ccc(C(C)C)c(NC(=S)CNC(=O)c2ccccc2)c1. The Labute approximate surface area is 148 Å². The molecule has 5 heteroatoms. The van der Waals surface area contributed by atoms with E-state index < -0.39 is 0 Å². The predicted octanol–water partition coefficient (Wildman–Crippen LogP) is 3.99. The summed E-state index contributed by atoms with van der Waals surface area (Å²) in [5, 5.41) is 6.03. The molecule has 0 unspecified atom stereocenters. The van der Waals surface area contributed by atoms with Gasteiger partial charge in [-0.3, -0.25) is 4.79 Å². The molecule has 2 aromatic carbocycles. The van der Waals surface area contributed by atoms with Gasteiger partial charge < -0.3 is 15.4 Å². The lowest BCUT2D eigenvalue weighted by Gasteiger charge is -2.17. The van der Waals surface area contributed by atoms with Gasteiger partial charge in [-0.05, 0) is 29.7 Å². The van der Waals surface area contributed by atoms with Crippen molar-refractivity contribution in [2.45, 2.75) is 19.8 Å². The van der Waals surface area contributed by atoms with E-state index in [1.165, 1.54) is 0 Å². The monoisotopic (exact) mass is 342 g/mol. The maximum atomic E-state index is 12.1. The van der Waals surface area contributed by atoms with Crippen molar-refractivity contribution in [3.05, 3.63) is 59.7 Å². The molecule has 0 aromatic heterocycles. The molecule has 0 saturated carbocycles. The van der Waals surface area contributed by atoms with Crippen LogP contribution in [-0.2, 0) is 0 Å². The van der Waals surface area contributed by atoms with Gasteiger partial charge >= 0.3 is 0 Å². The van der Waals surface area contributed by atoms with Gasteiger partial charge in [-0.15, -0.1) is 0 Å². The van der Waals surface area contributed by atoms with E-state index in [-0.39, 0.29) is 12.5 Å². The van der Waals surface area contributed by atoms with Crippen LogP contribution in [0.15, 0.2) is 48.5 Å². The molecule has 0 aliphatic heterocycles. The highest BCUT2D eigenvalue weighted by Gasteiger charge is 2.11. The van der Waals surface area contributed by atoms with E-state index in [0.29, 0.717) is 16.5 Å². The molecule has 2 N–H and O–H groups in total. The number of benzene rings is 2. The zero-order chi connectivity index (χ0) is 17.5. The second kappa shape index (κ2) is 8.45. The summed E-state index contributed by atoms with van der Waals surface area (Å²) in [6.07, 6.45) is 0. The average molecular weight is 342 g/mol. The van der Waals surface area contributed by atoms with Gasteiger partial charge in [0.1, 0.15) is 5.75 Å². The lowest BCUT2D eigenvalue weighted by atomic mass is 10.0. The minimum Gasteiger partial charge on any atom is -0.497 e. The molecular weight excluding hydrogens is 320 g/mol. The maximum absolute atomic E-state index is 12.1. The van der Waals surface area contributed by atoms with E-state index in [1.807, 2.05) is 36.4 Å². The van der Waals surface area contributed by atoms with Gasteiger partial charge in [0.05, 0.1) is 18.6 Å². The van der Waals surface area contributed by atoms with Crippen molar-refractivity contribution in [3.8, 4) is 5.75 Å². The molecule has 0 spiro atoms. The molecule has 1 amide bonds. The molecule has 0 aliphatic carbocycles. The van der Waals surface area contributed by atoms with E-state index in [9.17, 15) is 4.79 Å². The van der Waals surface area contributed by atoms with E-state index in [0.717, 1.165) is 17.0 Å². The fourth-order valence-corrected chi connectivity index (χ4v) is 2.50. The predicted molar refractivity (Wildman–Crippen MR) is 102 cm³/mol. The van der Waals surface area contributed by atoms with Crippen molar-refractivity contribution in [2.75, 3.05) is 19.0 Å². The van der Waals surface area contributed by atoms with Crippen LogP contribution in [0.1, 0.15) is 35.7 Å².